The molecule has 0 aliphatic rings. The van der Waals surface area contributed by atoms with Crippen molar-refractivity contribution in [1.29, 1.82) is 0 Å². The van der Waals surface area contributed by atoms with Gasteiger partial charge in [0, 0.05) is 16.4 Å². The van der Waals surface area contributed by atoms with E-state index in [1.807, 2.05) is 24.3 Å². The third kappa shape index (κ3) is 4.86. The summed E-state index contributed by atoms with van der Waals surface area (Å²) in [5, 5.41) is 4.00. The highest BCUT2D eigenvalue weighted by Gasteiger charge is 2.23. The van der Waals surface area contributed by atoms with Crippen LogP contribution in [0, 0.1) is 0 Å². The first-order valence-corrected chi connectivity index (χ1v) is 7.65. The van der Waals surface area contributed by atoms with Gasteiger partial charge in [0.1, 0.15) is 5.75 Å². The lowest BCUT2D eigenvalue weighted by Crippen LogP contribution is -2.46. The second-order valence-electron chi connectivity index (χ2n) is 4.89. The molecule has 0 radical (unpaired) electrons. The molecule has 0 bridgehead atoms. The van der Waals surface area contributed by atoms with Gasteiger partial charge in [0.2, 0.25) is 5.91 Å². The summed E-state index contributed by atoms with van der Waals surface area (Å²) in [5.74, 6) is 0.797. The van der Waals surface area contributed by atoms with E-state index >= 15 is 0 Å². The molecule has 106 valence electrons. The van der Waals surface area contributed by atoms with Crippen molar-refractivity contribution in [2.45, 2.75) is 38.6 Å². The molecule has 0 spiro atoms. The van der Waals surface area contributed by atoms with Crippen LogP contribution in [-0.4, -0.2) is 23.9 Å². The first kappa shape index (κ1) is 16.0. The van der Waals surface area contributed by atoms with E-state index in [9.17, 15) is 4.79 Å². The normalized spacial score (nSPS) is 13.7. The minimum atomic E-state index is -0.150. The molecule has 0 aliphatic heterocycles. The van der Waals surface area contributed by atoms with E-state index in [2.05, 4.69) is 35.1 Å². The number of para-hydroxylation sites is 1. The summed E-state index contributed by atoms with van der Waals surface area (Å²) in [5.41, 5.74) is 0.766. The second kappa shape index (κ2) is 7.53. The van der Waals surface area contributed by atoms with Gasteiger partial charge in [-0.15, -0.1) is 0 Å². The first-order chi connectivity index (χ1) is 9.04. The van der Waals surface area contributed by atoms with Crippen LogP contribution in [0.4, 0.5) is 0 Å². The third-order valence-corrected chi connectivity index (χ3v) is 3.81. The van der Waals surface area contributed by atoms with Crippen molar-refractivity contribution in [2.24, 2.45) is 0 Å². The fraction of sp³-hybridized carbons (Fsp3) is 0.533. The van der Waals surface area contributed by atoms with Gasteiger partial charge in [0.15, 0.2) is 0 Å². The molecular weight excluding hydrogens is 306 g/mol. The van der Waals surface area contributed by atoms with Gasteiger partial charge in [-0.05, 0) is 25.8 Å². The minimum Gasteiger partial charge on any atom is -0.496 e. The van der Waals surface area contributed by atoms with Crippen LogP contribution in [0.1, 0.15) is 32.3 Å². The van der Waals surface area contributed by atoms with Gasteiger partial charge in [0.05, 0.1) is 13.5 Å². The molecule has 0 saturated carbocycles. The third-order valence-electron chi connectivity index (χ3n) is 3.41. The largest absolute Gasteiger partial charge is 0.496 e. The molecular formula is C15H22BrNO2. The maximum absolute atomic E-state index is 12.1. The Morgan fingerprint density at radius 1 is 1.42 bits per heavy atom. The van der Waals surface area contributed by atoms with Crippen LogP contribution in [-0.2, 0) is 11.2 Å². The molecule has 1 unspecified atom stereocenters. The highest BCUT2D eigenvalue weighted by molar-refractivity contribution is 9.09. The SMILES string of the molecule is CCC(C)(CCBr)NC(=O)Cc1ccccc1OC. The Bertz CT molecular complexity index is 422. The summed E-state index contributed by atoms with van der Waals surface area (Å²) < 4.78 is 5.26. The van der Waals surface area contributed by atoms with Crippen molar-refractivity contribution in [3.05, 3.63) is 29.8 Å². The molecule has 19 heavy (non-hydrogen) atoms. The van der Waals surface area contributed by atoms with Crippen LogP contribution in [0.15, 0.2) is 24.3 Å². The number of alkyl halides is 1. The number of nitrogens with one attached hydrogen (secondary N) is 1. The number of rotatable bonds is 7. The molecule has 0 aliphatic carbocycles. The van der Waals surface area contributed by atoms with E-state index < -0.39 is 0 Å². The van der Waals surface area contributed by atoms with Crippen LogP contribution in [0.2, 0.25) is 0 Å². The van der Waals surface area contributed by atoms with E-state index in [1.54, 1.807) is 7.11 Å². The Morgan fingerprint density at radius 2 is 2.11 bits per heavy atom. The van der Waals surface area contributed by atoms with Crippen molar-refractivity contribution >= 4 is 21.8 Å². The average Bonchev–Trinajstić information content (AvgIpc) is 2.39. The Kier molecular flexibility index (Phi) is 6.35. The van der Waals surface area contributed by atoms with Gasteiger partial charge in [-0.3, -0.25) is 4.79 Å². The Morgan fingerprint density at radius 3 is 2.68 bits per heavy atom. The summed E-state index contributed by atoms with van der Waals surface area (Å²) in [7, 11) is 1.62. The standard InChI is InChI=1S/C15H22BrNO2/c1-4-15(2,9-10-16)17-14(18)11-12-7-5-6-8-13(12)19-3/h5-8H,4,9-11H2,1-3H3,(H,17,18). The molecule has 0 fully saturated rings. The number of hydrogen-bond acceptors (Lipinski definition) is 2. The zero-order valence-electron chi connectivity index (χ0n) is 11.8. The van der Waals surface area contributed by atoms with Gasteiger partial charge in [-0.1, -0.05) is 41.1 Å². The Hall–Kier alpha value is -1.03. The number of carbonyl (C=O) groups excluding carboxylic acids is 1. The maximum Gasteiger partial charge on any atom is 0.224 e. The van der Waals surface area contributed by atoms with Crippen molar-refractivity contribution < 1.29 is 9.53 Å². The lowest BCUT2D eigenvalue weighted by atomic mass is 9.95. The van der Waals surface area contributed by atoms with Crippen molar-refractivity contribution in [1.82, 2.24) is 5.32 Å². The zero-order valence-corrected chi connectivity index (χ0v) is 13.4. The molecule has 0 aromatic heterocycles. The molecule has 3 nitrogen and oxygen atoms in total. The second-order valence-corrected chi connectivity index (χ2v) is 5.68. The zero-order chi connectivity index (χ0) is 14.3. The predicted molar refractivity (Wildman–Crippen MR) is 81.9 cm³/mol. The van der Waals surface area contributed by atoms with Crippen LogP contribution < -0.4 is 10.1 Å². The highest BCUT2D eigenvalue weighted by Crippen LogP contribution is 2.19. The van der Waals surface area contributed by atoms with E-state index in [0.29, 0.717) is 6.42 Å². The number of halogens is 1. The number of ether oxygens (including phenoxy) is 1. The van der Waals surface area contributed by atoms with Gasteiger partial charge in [0.25, 0.3) is 0 Å². The summed E-state index contributed by atoms with van der Waals surface area (Å²) >= 11 is 3.43. The van der Waals surface area contributed by atoms with Gasteiger partial charge in [-0.25, -0.2) is 0 Å². The minimum absolute atomic E-state index is 0.0369. The van der Waals surface area contributed by atoms with Crippen molar-refractivity contribution in [2.75, 3.05) is 12.4 Å². The number of amides is 1. The highest BCUT2D eigenvalue weighted by atomic mass is 79.9. The lowest BCUT2D eigenvalue weighted by Gasteiger charge is -2.29. The van der Waals surface area contributed by atoms with Crippen LogP contribution in [0.5, 0.6) is 5.75 Å². The lowest BCUT2D eigenvalue weighted by molar-refractivity contribution is -0.122. The smallest absolute Gasteiger partial charge is 0.224 e. The number of hydrogen-bond donors (Lipinski definition) is 1. The monoisotopic (exact) mass is 327 g/mol. The molecule has 1 rings (SSSR count). The molecule has 0 saturated heterocycles. The van der Waals surface area contributed by atoms with E-state index in [0.717, 1.165) is 29.5 Å². The number of benzene rings is 1. The summed E-state index contributed by atoms with van der Waals surface area (Å²) in [6, 6.07) is 7.62. The molecule has 1 amide bonds. The van der Waals surface area contributed by atoms with Crippen LogP contribution in [0.3, 0.4) is 0 Å². The van der Waals surface area contributed by atoms with Crippen LogP contribution >= 0.6 is 15.9 Å². The van der Waals surface area contributed by atoms with Crippen molar-refractivity contribution in [3.63, 3.8) is 0 Å². The first-order valence-electron chi connectivity index (χ1n) is 6.53. The number of methoxy groups -OCH3 is 1. The fourth-order valence-corrected chi connectivity index (χ4v) is 2.81. The van der Waals surface area contributed by atoms with E-state index in [4.69, 9.17) is 4.74 Å². The molecule has 4 heteroatoms. The summed E-state index contributed by atoms with van der Waals surface area (Å²) in [6.45, 7) is 4.17. The Balaban J connectivity index is 2.69. The van der Waals surface area contributed by atoms with Gasteiger partial charge < -0.3 is 10.1 Å². The average molecular weight is 328 g/mol. The molecule has 1 N–H and O–H groups in total. The molecule has 1 aromatic carbocycles. The number of carbonyl (C=O) groups is 1. The fourth-order valence-electron chi connectivity index (χ4n) is 1.94. The quantitative estimate of drug-likeness (QED) is 0.780. The van der Waals surface area contributed by atoms with Gasteiger partial charge >= 0.3 is 0 Å². The van der Waals surface area contributed by atoms with E-state index in [1.165, 1.54) is 0 Å². The van der Waals surface area contributed by atoms with E-state index in [-0.39, 0.29) is 11.4 Å². The van der Waals surface area contributed by atoms with Crippen LogP contribution in [0.25, 0.3) is 0 Å². The molecule has 1 aromatic rings. The maximum atomic E-state index is 12.1. The topological polar surface area (TPSA) is 38.3 Å². The van der Waals surface area contributed by atoms with Crippen molar-refractivity contribution in [3.8, 4) is 5.75 Å². The molecule has 0 heterocycles. The Labute approximate surface area is 123 Å². The summed E-state index contributed by atoms with van der Waals surface area (Å²) in [4.78, 5) is 12.1. The predicted octanol–water partition coefficient (Wildman–Crippen LogP) is 3.31. The summed E-state index contributed by atoms with van der Waals surface area (Å²) in [6.07, 6.45) is 2.18. The van der Waals surface area contributed by atoms with Gasteiger partial charge in [-0.2, -0.15) is 0 Å². The molecule has 1 atom stereocenters.